The van der Waals surface area contributed by atoms with Gasteiger partial charge in [0.2, 0.25) is 5.91 Å². The Bertz CT molecular complexity index is 1400. The molecule has 0 spiro atoms. The molecule has 9 heteroatoms. The first-order valence-electron chi connectivity index (χ1n) is 12.6. The van der Waals surface area contributed by atoms with E-state index in [0.29, 0.717) is 63.6 Å². The van der Waals surface area contributed by atoms with Crippen LogP contribution in [0.3, 0.4) is 0 Å². The second-order valence-electron chi connectivity index (χ2n) is 9.43. The number of anilines is 1. The molecule has 39 heavy (non-hydrogen) atoms. The van der Waals surface area contributed by atoms with Gasteiger partial charge in [-0.05, 0) is 73.5 Å². The molecule has 1 heterocycles. The van der Waals surface area contributed by atoms with Crippen molar-refractivity contribution in [2.24, 2.45) is 0 Å². The Labute approximate surface area is 239 Å². The highest BCUT2D eigenvalue weighted by atomic mass is 35.5. The number of amides is 2. The maximum Gasteiger partial charge on any atom is 0.253 e. The molecule has 0 N–H and O–H groups in total. The Morgan fingerprint density at radius 2 is 1.74 bits per heavy atom. The van der Waals surface area contributed by atoms with Crippen LogP contribution in [0.15, 0.2) is 54.6 Å². The summed E-state index contributed by atoms with van der Waals surface area (Å²) in [6.07, 6.45) is 0. The van der Waals surface area contributed by atoms with Gasteiger partial charge in [-0.2, -0.15) is 0 Å². The Balaban J connectivity index is 1.80. The van der Waals surface area contributed by atoms with Gasteiger partial charge in [0.05, 0.1) is 27.4 Å². The highest BCUT2D eigenvalue weighted by Crippen LogP contribution is 2.49. The van der Waals surface area contributed by atoms with Crippen LogP contribution >= 0.6 is 23.2 Å². The van der Waals surface area contributed by atoms with Gasteiger partial charge in [0.15, 0.2) is 0 Å². The van der Waals surface area contributed by atoms with Crippen LogP contribution in [0.2, 0.25) is 10.0 Å². The first kappa shape index (κ1) is 28.7. The van der Waals surface area contributed by atoms with Crippen molar-refractivity contribution in [3.63, 3.8) is 0 Å². The van der Waals surface area contributed by atoms with E-state index < -0.39 is 5.41 Å². The predicted octanol–water partition coefficient (Wildman–Crippen LogP) is 5.97. The lowest BCUT2D eigenvalue weighted by Crippen LogP contribution is -2.39. The lowest BCUT2D eigenvalue weighted by Gasteiger charge is -2.28. The number of ether oxygens (including phenoxy) is 3. The fourth-order valence-electron chi connectivity index (χ4n) is 5.04. The number of methoxy groups -OCH3 is 3. The summed E-state index contributed by atoms with van der Waals surface area (Å²) in [5.41, 5.74) is 2.04. The zero-order chi connectivity index (χ0) is 28.3. The summed E-state index contributed by atoms with van der Waals surface area (Å²) in [5, 5.41) is 0.883. The number of fused-ring (bicyclic) bond motifs is 1. The van der Waals surface area contributed by atoms with Gasteiger partial charge in [0.25, 0.3) is 5.91 Å². The van der Waals surface area contributed by atoms with Gasteiger partial charge in [0, 0.05) is 53.1 Å². The summed E-state index contributed by atoms with van der Waals surface area (Å²) in [5.74, 6) is 0.913. The van der Waals surface area contributed by atoms with E-state index in [4.69, 9.17) is 37.4 Å². The maximum absolute atomic E-state index is 14.3. The van der Waals surface area contributed by atoms with E-state index in [9.17, 15) is 9.59 Å². The molecule has 4 rings (SSSR count). The summed E-state index contributed by atoms with van der Waals surface area (Å²) >= 11 is 13.2. The van der Waals surface area contributed by atoms with Gasteiger partial charge in [0.1, 0.15) is 16.9 Å². The van der Waals surface area contributed by atoms with Gasteiger partial charge in [-0.1, -0.05) is 23.2 Å². The molecule has 0 radical (unpaired) electrons. The van der Waals surface area contributed by atoms with Crippen LogP contribution < -0.4 is 14.4 Å². The minimum atomic E-state index is -1.18. The van der Waals surface area contributed by atoms with Crippen LogP contribution in [-0.2, 0) is 21.5 Å². The maximum atomic E-state index is 14.3. The summed E-state index contributed by atoms with van der Waals surface area (Å²) < 4.78 is 16.1. The average Bonchev–Trinajstić information content (AvgIpc) is 3.15. The predicted molar refractivity (Wildman–Crippen MR) is 154 cm³/mol. The van der Waals surface area contributed by atoms with Crippen molar-refractivity contribution in [3.05, 3.63) is 86.9 Å². The number of hydrogen-bond donors (Lipinski definition) is 0. The van der Waals surface area contributed by atoms with E-state index in [1.54, 1.807) is 67.5 Å². The van der Waals surface area contributed by atoms with Gasteiger partial charge in [-0.3, -0.25) is 9.59 Å². The van der Waals surface area contributed by atoms with Crippen molar-refractivity contribution in [1.82, 2.24) is 4.90 Å². The van der Waals surface area contributed by atoms with Gasteiger partial charge < -0.3 is 24.0 Å². The first-order valence-corrected chi connectivity index (χ1v) is 13.4. The minimum Gasteiger partial charge on any atom is -0.497 e. The quantitative estimate of drug-likeness (QED) is 0.300. The molecular weight excluding hydrogens is 539 g/mol. The Morgan fingerprint density at radius 3 is 2.41 bits per heavy atom. The number of benzene rings is 3. The number of carbonyl (C=O) groups is 2. The molecular formula is C30H32Cl2N2O5. The lowest BCUT2D eigenvalue weighted by molar-refractivity contribution is -0.121. The van der Waals surface area contributed by atoms with Crippen LogP contribution in [0.25, 0.3) is 0 Å². The van der Waals surface area contributed by atoms with E-state index in [0.717, 1.165) is 5.56 Å². The molecule has 0 fully saturated rings. The summed E-state index contributed by atoms with van der Waals surface area (Å²) in [6.45, 7) is 5.39. The number of carbonyl (C=O) groups excluding carboxylic acids is 2. The molecule has 1 aliphatic rings. The number of halogens is 2. The normalized spacial score (nSPS) is 16.3. The second kappa shape index (κ2) is 11.9. The highest BCUT2D eigenvalue weighted by Gasteiger charge is 2.50. The second-order valence-corrected chi connectivity index (χ2v) is 10.3. The SMILES string of the molecule is CCN(CCOC)C(=O)c1ccc(Cl)c(C2(C)C(=O)N(Cc3ccc(OC)cc3OC)c3ccc(Cl)cc32)c1. The highest BCUT2D eigenvalue weighted by molar-refractivity contribution is 6.33. The molecule has 0 aromatic heterocycles. The molecule has 0 saturated carbocycles. The fraction of sp³-hybridized carbons (Fsp3) is 0.333. The van der Waals surface area contributed by atoms with E-state index >= 15 is 0 Å². The molecule has 2 amide bonds. The monoisotopic (exact) mass is 570 g/mol. The molecule has 0 aliphatic carbocycles. The van der Waals surface area contributed by atoms with Crippen molar-refractivity contribution >= 4 is 40.7 Å². The summed E-state index contributed by atoms with van der Waals surface area (Å²) in [4.78, 5) is 31.1. The van der Waals surface area contributed by atoms with Crippen LogP contribution in [0, 0.1) is 0 Å². The molecule has 1 aliphatic heterocycles. The Morgan fingerprint density at radius 1 is 0.974 bits per heavy atom. The van der Waals surface area contributed by atoms with Crippen LogP contribution in [-0.4, -0.2) is 57.7 Å². The third-order valence-electron chi connectivity index (χ3n) is 7.27. The molecule has 0 bridgehead atoms. The van der Waals surface area contributed by atoms with Crippen molar-refractivity contribution < 1.29 is 23.8 Å². The van der Waals surface area contributed by atoms with Crippen LogP contribution in [0.5, 0.6) is 11.5 Å². The molecule has 1 unspecified atom stereocenters. The van der Waals surface area contributed by atoms with Gasteiger partial charge in [-0.25, -0.2) is 0 Å². The molecule has 3 aromatic rings. The van der Waals surface area contributed by atoms with Gasteiger partial charge >= 0.3 is 0 Å². The number of rotatable bonds is 10. The standard InChI is InChI=1S/C30H32Cl2N2O5/c1-6-33(13-14-37-3)28(35)19-8-11-25(32)23(15-19)30(2)24-16-21(31)9-12-26(24)34(29(30)36)18-20-7-10-22(38-4)17-27(20)39-5/h7-12,15-17H,6,13-14,18H2,1-5H3. The van der Waals surface area contributed by atoms with Crippen molar-refractivity contribution in [3.8, 4) is 11.5 Å². The summed E-state index contributed by atoms with van der Waals surface area (Å²) in [6, 6.07) is 16.0. The van der Waals surface area contributed by atoms with Crippen molar-refractivity contribution in [2.75, 3.05) is 45.9 Å². The number of hydrogen-bond acceptors (Lipinski definition) is 5. The third-order valence-corrected chi connectivity index (χ3v) is 7.83. The van der Waals surface area contributed by atoms with E-state index in [-0.39, 0.29) is 18.4 Å². The molecule has 7 nitrogen and oxygen atoms in total. The zero-order valence-electron chi connectivity index (χ0n) is 22.7. The third kappa shape index (κ3) is 5.31. The van der Waals surface area contributed by atoms with E-state index in [1.165, 1.54) is 0 Å². The Kier molecular flexibility index (Phi) is 8.74. The lowest BCUT2D eigenvalue weighted by atomic mass is 9.76. The molecule has 1 atom stereocenters. The van der Waals surface area contributed by atoms with Crippen LogP contribution in [0.4, 0.5) is 5.69 Å². The zero-order valence-corrected chi connectivity index (χ0v) is 24.2. The number of likely N-dealkylation sites (N-methyl/N-ethyl adjacent to an activating group) is 1. The average molecular weight is 572 g/mol. The van der Waals surface area contributed by atoms with E-state index in [2.05, 4.69) is 0 Å². The molecule has 3 aromatic carbocycles. The topological polar surface area (TPSA) is 68.3 Å². The van der Waals surface area contributed by atoms with E-state index in [1.807, 2.05) is 32.0 Å². The minimum absolute atomic E-state index is 0.160. The van der Waals surface area contributed by atoms with Crippen molar-refractivity contribution in [2.45, 2.75) is 25.8 Å². The number of nitrogens with zero attached hydrogens (tertiary/aromatic N) is 2. The largest absolute Gasteiger partial charge is 0.497 e. The Hall–Kier alpha value is -3.26. The summed E-state index contributed by atoms with van der Waals surface area (Å²) in [7, 11) is 4.77. The molecule has 0 saturated heterocycles. The van der Waals surface area contributed by atoms with Crippen LogP contribution in [0.1, 0.15) is 40.9 Å². The first-order chi connectivity index (χ1) is 18.7. The van der Waals surface area contributed by atoms with Gasteiger partial charge in [-0.15, -0.1) is 0 Å². The smallest absolute Gasteiger partial charge is 0.253 e. The fourth-order valence-corrected chi connectivity index (χ4v) is 5.52. The molecule has 206 valence electrons. The van der Waals surface area contributed by atoms with Crippen molar-refractivity contribution in [1.29, 1.82) is 0 Å².